The summed E-state index contributed by atoms with van der Waals surface area (Å²) in [4.78, 5) is 0. The Morgan fingerprint density at radius 1 is 1.62 bits per heavy atom. The first kappa shape index (κ1) is 10.7. The zero-order valence-corrected chi connectivity index (χ0v) is 9.57. The van der Waals surface area contributed by atoms with Gasteiger partial charge in [-0.25, -0.2) is 0 Å². The molecule has 0 aliphatic carbocycles. The standard InChI is InChI=1S/C8H12N6OS/c1-15-6-7(9)12-16-8(6)10-2-4-14-5-3-11-13-14/h3,5,10H,2,4H2,1H3,(H2,9,12). The normalized spacial score (nSPS) is 10.3. The van der Waals surface area contributed by atoms with Gasteiger partial charge < -0.3 is 15.8 Å². The van der Waals surface area contributed by atoms with Gasteiger partial charge >= 0.3 is 0 Å². The van der Waals surface area contributed by atoms with Gasteiger partial charge in [-0.2, -0.15) is 4.37 Å². The molecule has 0 fully saturated rings. The van der Waals surface area contributed by atoms with Crippen LogP contribution in [-0.2, 0) is 6.54 Å². The van der Waals surface area contributed by atoms with Crippen molar-refractivity contribution in [2.75, 3.05) is 24.7 Å². The van der Waals surface area contributed by atoms with Crippen LogP contribution in [0.15, 0.2) is 12.4 Å². The third-order valence-corrected chi connectivity index (χ3v) is 2.78. The van der Waals surface area contributed by atoms with E-state index in [1.807, 2.05) is 0 Å². The van der Waals surface area contributed by atoms with Gasteiger partial charge in [-0.3, -0.25) is 4.68 Å². The predicted molar refractivity (Wildman–Crippen MR) is 61.6 cm³/mol. The van der Waals surface area contributed by atoms with Crippen LogP contribution in [0.4, 0.5) is 10.8 Å². The van der Waals surface area contributed by atoms with E-state index in [1.165, 1.54) is 11.5 Å². The van der Waals surface area contributed by atoms with E-state index in [1.54, 1.807) is 24.2 Å². The van der Waals surface area contributed by atoms with E-state index >= 15 is 0 Å². The minimum atomic E-state index is 0.413. The minimum Gasteiger partial charge on any atom is -0.490 e. The van der Waals surface area contributed by atoms with Crippen molar-refractivity contribution in [1.29, 1.82) is 0 Å². The number of nitrogen functional groups attached to an aromatic ring is 1. The fourth-order valence-electron chi connectivity index (χ4n) is 1.24. The smallest absolute Gasteiger partial charge is 0.197 e. The molecule has 0 unspecified atom stereocenters. The summed E-state index contributed by atoms with van der Waals surface area (Å²) in [6, 6.07) is 0. The van der Waals surface area contributed by atoms with Crippen LogP contribution in [0.3, 0.4) is 0 Å². The van der Waals surface area contributed by atoms with E-state index in [2.05, 4.69) is 20.0 Å². The Balaban J connectivity index is 1.89. The van der Waals surface area contributed by atoms with Gasteiger partial charge in [-0.05, 0) is 11.5 Å². The van der Waals surface area contributed by atoms with Gasteiger partial charge in [0.1, 0.15) is 0 Å². The van der Waals surface area contributed by atoms with Gasteiger partial charge in [0.25, 0.3) is 0 Å². The number of ether oxygens (including phenoxy) is 1. The van der Waals surface area contributed by atoms with Crippen molar-refractivity contribution in [3.63, 3.8) is 0 Å². The Hall–Kier alpha value is -1.83. The largest absolute Gasteiger partial charge is 0.490 e. The Bertz CT molecular complexity index is 439. The molecule has 0 atom stereocenters. The van der Waals surface area contributed by atoms with Crippen molar-refractivity contribution < 1.29 is 4.74 Å². The van der Waals surface area contributed by atoms with E-state index in [4.69, 9.17) is 10.5 Å². The maximum Gasteiger partial charge on any atom is 0.197 e. The molecule has 2 heterocycles. The molecule has 0 amide bonds. The van der Waals surface area contributed by atoms with Gasteiger partial charge in [-0.15, -0.1) is 5.10 Å². The van der Waals surface area contributed by atoms with Crippen LogP contribution in [0.1, 0.15) is 0 Å². The Morgan fingerprint density at radius 2 is 2.50 bits per heavy atom. The highest BCUT2D eigenvalue weighted by molar-refractivity contribution is 7.11. The fraction of sp³-hybridized carbons (Fsp3) is 0.375. The third kappa shape index (κ3) is 2.22. The highest BCUT2D eigenvalue weighted by atomic mass is 32.1. The number of hydrogen-bond acceptors (Lipinski definition) is 7. The number of nitrogens with one attached hydrogen (secondary N) is 1. The topological polar surface area (TPSA) is 90.9 Å². The first-order chi connectivity index (χ1) is 7.81. The number of nitrogens with two attached hydrogens (primary N) is 1. The first-order valence-corrected chi connectivity index (χ1v) is 5.45. The number of hydrogen-bond donors (Lipinski definition) is 2. The molecule has 0 saturated heterocycles. The second kappa shape index (κ2) is 4.79. The zero-order valence-electron chi connectivity index (χ0n) is 8.75. The van der Waals surface area contributed by atoms with Crippen LogP contribution in [0.25, 0.3) is 0 Å². The van der Waals surface area contributed by atoms with Gasteiger partial charge in [0.15, 0.2) is 16.6 Å². The summed E-state index contributed by atoms with van der Waals surface area (Å²) in [5.74, 6) is 1.01. The highest BCUT2D eigenvalue weighted by Gasteiger charge is 2.10. The summed E-state index contributed by atoms with van der Waals surface area (Å²) in [5, 5.41) is 11.6. The van der Waals surface area contributed by atoms with Crippen molar-refractivity contribution >= 4 is 22.4 Å². The van der Waals surface area contributed by atoms with Crippen LogP contribution in [0, 0.1) is 0 Å². The maximum absolute atomic E-state index is 5.62. The second-order valence-electron chi connectivity index (χ2n) is 3.02. The average Bonchev–Trinajstić information content (AvgIpc) is 2.89. The predicted octanol–water partition coefficient (Wildman–Crippen LogP) is 0.437. The van der Waals surface area contributed by atoms with Gasteiger partial charge in [-0.1, -0.05) is 5.21 Å². The summed E-state index contributed by atoms with van der Waals surface area (Å²) in [5.41, 5.74) is 5.62. The van der Waals surface area contributed by atoms with E-state index in [0.29, 0.717) is 18.1 Å². The number of methoxy groups -OCH3 is 1. The lowest BCUT2D eigenvalue weighted by molar-refractivity contribution is 0.419. The quantitative estimate of drug-likeness (QED) is 0.788. The highest BCUT2D eigenvalue weighted by Crippen LogP contribution is 2.34. The summed E-state index contributed by atoms with van der Waals surface area (Å²) in [6.45, 7) is 1.43. The molecule has 86 valence electrons. The second-order valence-corrected chi connectivity index (χ2v) is 3.80. The van der Waals surface area contributed by atoms with Crippen LogP contribution < -0.4 is 15.8 Å². The zero-order chi connectivity index (χ0) is 11.4. The molecule has 2 aromatic rings. The molecule has 0 bridgehead atoms. The number of aromatic nitrogens is 4. The Morgan fingerprint density at radius 3 is 3.19 bits per heavy atom. The maximum atomic E-state index is 5.62. The monoisotopic (exact) mass is 240 g/mol. The molecule has 16 heavy (non-hydrogen) atoms. The SMILES string of the molecule is COc1c(N)nsc1NCCn1ccnn1. The first-order valence-electron chi connectivity index (χ1n) is 4.68. The summed E-state index contributed by atoms with van der Waals surface area (Å²) < 4.78 is 10.9. The number of rotatable bonds is 5. The van der Waals surface area contributed by atoms with Crippen LogP contribution in [0.5, 0.6) is 5.75 Å². The molecule has 0 saturated carbocycles. The van der Waals surface area contributed by atoms with Crippen molar-refractivity contribution in [3.05, 3.63) is 12.4 Å². The summed E-state index contributed by atoms with van der Waals surface area (Å²) in [6.07, 6.45) is 3.45. The van der Waals surface area contributed by atoms with Crippen molar-refractivity contribution in [2.24, 2.45) is 0 Å². The summed E-state index contributed by atoms with van der Waals surface area (Å²) in [7, 11) is 1.57. The molecular weight excluding hydrogens is 228 g/mol. The Labute approximate surface area is 96.4 Å². The molecule has 8 heteroatoms. The molecule has 7 nitrogen and oxygen atoms in total. The van der Waals surface area contributed by atoms with Crippen LogP contribution in [-0.4, -0.2) is 33.0 Å². The van der Waals surface area contributed by atoms with Crippen molar-refractivity contribution in [1.82, 2.24) is 19.4 Å². The van der Waals surface area contributed by atoms with Gasteiger partial charge in [0, 0.05) is 12.7 Å². The van der Waals surface area contributed by atoms with E-state index in [-0.39, 0.29) is 0 Å². The van der Waals surface area contributed by atoms with Crippen LogP contribution in [0.2, 0.25) is 0 Å². The molecule has 0 aromatic carbocycles. The minimum absolute atomic E-state index is 0.413. The molecule has 0 aliphatic heterocycles. The van der Waals surface area contributed by atoms with E-state index < -0.39 is 0 Å². The Kier molecular flexibility index (Phi) is 3.20. The lowest BCUT2D eigenvalue weighted by atomic mass is 10.5. The lowest BCUT2D eigenvalue weighted by Crippen LogP contribution is -2.10. The van der Waals surface area contributed by atoms with Crippen molar-refractivity contribution in [2.45, 2.75) is 6.54 Å². The van der Waals surface area contributed by atoms with Gasteiger partial charge in [0.05, 0.1) is 19.9 Å². The fourth-order valence-corrected chi connectivity index (χ4v) is 1.95. The lowest BCUT2D eigenvalue weighted by Gasteiger charge is -2.05. The average molecular weight is 240 g/mol. The van der Waals surface area contributed by atoms with Crippen LogP contribution >= 0.6 is 11.5 Å². The molecule has 0 spiro atoms. The molecule has 0 aliphatic rings. The molecule has 2 rings (SSSR count). The van der Waals surface area contributed by atoms with E-state index in [9.17, 15) is 0 Å². The van der Waals surface area contributed by atoms with E-state index in [0.717, 1.165) is 11.5 Å². The molecular formula is C8H12N6OS. The number of nitrogens with zero attached hydrogens (tertiary/aromatic N) is 4. The van der Waals surface area contributed by atoms with Gasteiger partial charge in [0.2, 0.25) is 0 Å². The third-order valence-electron chi connectivity index (χ3n) is 1.98. The summed E-state index contributed by atoms with van der Waals surface area (Å²) >= 11 is 1.28. The van der Waals surface area contributed by atoms with Crippen molar-refractivity contribution in [3.8, 4) is 5.75 Å². The molecule has 0 radical (unpaired) electrons. The molecule has 2 aromatic heterocycles. The number of anilines is 2. The molecule has 3 N–H and O–H groups in total.